The van der Waals surface area contributed by atoms with Gasteiger partial charge < -0.3 is 9.47 Å². The molecule has 6 heteroatoms. The molecule has 0 spiro atoms. The molecule has 0 amide bonds. The van der Waals surface area contributed by atoms with Crippen molar-refractivity contribution in [2.24, 2.45) is 0 Å². The van der Waals surface area contributed by atoms with Gasteiger partial charge in [0.25, 0.3) is 0 Å². The number of esters is 1. The third-order valence-corrected chi connectivity index (χ3v) is 3.92. The Hall–Kier alpha value is -0.880. The summed E-state index contributed by atoms with van der Waals surface area (Å²) >= 11 is 3.40. The molecule has 1 unspecified atom stereocenters. The first kappa shape index (κ1) is 13.5. The Morgan fingerprint density at radius 3 is 3.00 bits per heavy atom. The van der Waals surface area contributed by atoms with Crippen molar-refractivity contribution < 1.29 is 14.3 Å². The van der Waals surface area contributed by atoms with Gasteiger partial charge in [-0.3, -0.25) is 0 Å². The molecule has 100 valence electrons. The van der Waals surface area contributed by atoms with Gasteiger partial charge in [-0.25, -0.2) is 9.48 Å². The van der Waals surface area contributed by atoms with Gasteiger partial charge in [-0.1, -0.05) is 0 Å². The monoisotopic (exact) mass is 316 g/mol. The smallest absolute Gasteiger partial charge is 0.360 e. The lowest BCUT2D eigenvalue weighted by molar-refractivity contribution is -0.0409. The van der Waals surface area contributed by atoms with E-state index >= 15 is 0 Å². The van der Waals surface area contributed by atoms with E-state index in [4.69, 9.17) is 9.47 Å². The summed E-state index contributed by atoms with van der Waals surface area (Å²) in [4.78, 5) is 11.7. The first-order chi connectivity index (χ1) is 8.65. The molecule has 5 nitrogen and oxygen atoms in total. The third-order valence-electron chi connectivity index (χ3n) is 2.97. The normalized spacial score (nSPS) is 19.8. The van der Waals surface area contributed by atoms with Crippen molar-refractivity contribution >= 4 is 21.9 Å². The van der Waals surface area contributed by atoms with Crippen LogP contribution >= 0.6 is 15.9 Å². The predicted octanol–water partition coefficient (Wildman–Crippen LogP) is 2.83. The van der Waals surface area contributed by atoms with Crippen molar-refractivity contribution in [2.45, 2.75) is 39.3 Å². The van der Waals surface area contributed by atoms with Gasteiger partial charge in [0.05, 0.1) is 16.8 Å². The molecule has 0 aromatic carbocycles. The average molecular weight is 317 g/mol. The molecule has 1 aromatic rings. The van der Waals surface area contributed by atoms with E-state index < -0.39 is 5.97 Å². The molecule has 1 aliphatic rings. The highest BCUT2D eigenvalue weighted by molar-refractivity contribution is 9.10. The lowest BCUT2D eigenvalue weighted by Crippen LogP contribution is -2.20. The summed E-state index contributed by atoms with van der Waals surface area (Å²) in [7, 11) is 0. The molecule has 0 aliphatic carbocycles. The molecule has 1 saturated heterocycles. The quantitative estimate of drug-likeness (QED) is 0.805. The summed E-state index contributed by atoms with van der Waals surface area (Å²) in [6.07, 6.45) is 3.06. The summed E-state index contributed by atoms with van der Waals surface area (Å²) in [6, 6.07) is 0. The second-order valence-electron chi connectivity index (χ2n) is 4.23. The van der Waals surface area contributed by atoms with E-state index in [9.17, 15) is 4.79 Å². The molecule has 0 N–H and O–H groups in total. The van der Waals surface area contributed by atoms with Gasteiger partial charge in [-0.05, 0) is 49.0 Å². The molecule has 2 rings (SSSR count). The maximum absolute atomic E-state index is 11.7. The van der Waals surface area contributed by atoms with Crippen molar-refractivity contribution in [1.29, 1.82) is 0 Å². The summed E-state index contributed by atoms with van der Waals surface area (Å²) < 4.78 is 13.1. The summed E-state index contributed by atoms with van der Waals surface area (Å²) in [5.41, 5.74) is 1.22. The molecule has 0 saturated carbocycles. The van der Waals surface area contributed by atoms with Gasteiger partial charge >= 0.3 is 5.97 Å². The Kier molecular flexibility index (Phi) is 4.40. The van der Waals surface area contributed by atoms with Crippen molar-refractivity contribution in [1.82, 2.24) is 9.78 Å². The SMILES string of the molecule is CCOC(=O)c1nn(C2CCCCO2)c(C)c1Br. The summed E-state index contributed by atoms with van der Waals surface area (Å²) in [6.45, 7) is 4.78. The zero-order valence-corrected chi connectivity index (χ0v) is 12.2. The predicted molar refractivity (Wildman–Crippen MR) is 69.5 cm³/mol. The van der Waals surface area contributed by atoms with Gasteiger partial charge in [0.15, 0.2) is 11.9 Å². The highest BCUT2D eigenvalue weighted by Gasteiger charge is 2.25. The summed E-state index contributed by atoms with van der Waals surface area (Å²) in [5.74, 6) is -0.401. The fourth-order valence-electron chi connectivity index (χ4n) is 2.03. The van der Waals surface area contributed by atoms with Crippen LogP contribution in [0.3, 0.4) is 0 Å². The molecule has 1 aliphatic heterocycles. The maximum atomic E-state index is 11.7. The van der Waals surface area contributed by atoms with Crippen LogP contribution in [0.1, 0.15) is 48.6 Å². The zero-order valence-electron chi connectivity index (χ0n) is 10.6. The van der Waals surface area contributed by atoms with E-state index in [1.807, 2.05) is 6.92 Å². The third kappa shape index (κ3) is 2.59. The number of hydrogen-bond donors (Lipinski definition) is 0. The number of rotatable bonds is 3. The number of halogens is 1. The number of carbonyl (C=O) groups is 1. The Morgan fingerprint density at radius 1 is 1.61 bits per heavy atom. The van der Waals surface area contributed by atoms with Crippen LogP contribution in [0.2, 0.25) is 0 Å². The van der Waals surface area contributed by atoms with Crippen LogP contribution in [0.25, 0.3) is 0 Å². The van der Waals surface area contributed by atoms with E-state index in [1.165, 1.54) is 0 Å². The first-order valence-electron chi connectivity index (χ1n) is 6.18. The van der Waals surface area contributed by atoms with Crippen LogP contribution in [0.5, 0.6) is 0 Å². The number of ether oxygens (including phenoxy) is 2. The van der Waals surface area contributed by atoms with Crippen molar-refractivity contribution in [3.63, 3.8) is 0 Å². The zero-order chi connectivity index (χ0) is 13.1. The maximum Gasteiger partial charge on any atom is 0.360 e. The molecule has 18 heavy (non-hydrogen) atoms. The molecule has 1 atom stereocenters. The molecular formula is C12H17BrN2O3. The lowest BCUT2D eigenvalue weighted by atomic mass is 10.2. The van der Waals surface area contributed by atoms with Crippen LogP contribution in [0.15, 0.2) is 4.47 Å². The van der Waals surface area contributed by atoms with Gasteiger partial charge in [0.2, 0.25) is 0 Å². The van der Waals surface area contributed by atoms with E-state index in [0.717, 1.165) is 31.6 Å². The largest absolute Gasteiger partial charge is 0.461 e. The van der Waals surface area contributed by atoms with E-state index in [0.29, 0.717) is 16.8 Å². The molecule has 0 bridgehead atoms. The minimum absolute atomic E-state index is 0.0711. The van der Waals surface area contributed by atoms with Crippen LogP contribution in [0.4, 0.5) is 0 Å². The van der Waals surface area contributed by atoms with E-state index in [1.54, 1.807) is 11.6 Å². The first-order valence-corrected chi connectivity index (χ1v) is 6.97. The summed E-state index contributed by atoms with van der Waals surface area (Å²) in [5, 5.41) is 4.32. The van der Waals surface area contributed by atoms with Gasteiger partial charge in [0, 0.05) is 6.61 Å². The van der Waals surface area contributed by atoms with E-state index in [-0.39, 0.29) is 6.23 Å². The Labute approximate surface area is 115 Å². The molecule has 0 radical (unpaired) electrons. The molecule has 1 fully saturated rings. The van der Waals surface area contributed by atoms with Crippen LogP contribution in [-0.4, -0.2) is 29.0 Å². The van der Waals surface area contributed by atoms with Crippen molar-refractivity contribution in [3.05, 3.63) is 15.9 Å². The lowest BCUT2D eigenvalue weighted by Gasteiger charge is -2.23. The fourth-order valence-corrected chi connectivity index (χ4v) is 2.45. The Bertz CT molecular complexity index is 439. The Balaban J connectivity index is 2.26. The van der Waals surface area contributed by atoms with Gasteiger partial charge in [0.1, 0.15) is 0 Å². The molecule has 1 aromatic heterocycles. The topological polar surface area (TPSA) is 53.3 Å². The van der Waals surface area contributed by atoms with Crippen molar-refractivity contribution in [2.75, 3.05) is 13.2 Å². The number of hydrogen-bond acceptors (Lipinski definition) is 4. The molecule has 2 heterocycles. The van der Waals surface area contributed by atoms with Crippen LogP contribution in [0, 0.1) is 6.92 Å². The minimum Gasteiger partial charge on any atom is -0.461 e. The standard InChI is InChI=1S/C12H17BrN2O3/c1-3-17-12(16)11-10(13)8(2)15(14-11)9-6-4-5-7-18-9/h9H,3-7H2,1-2H3. The second-order valence-corrected chi connectivity index (χ2v) is 5.03. The number of carbonyl (C=O) groups excluding carboxylic acids is 1. The molecular weight excluding hydrogens is 300 g/mol. The fraction of sp³-hybridized carbons (Fsp3) is 0.667. The Morgan fingerprint density at radius 2 is 2.39 bits per heavy atom. The van der Waals surface area contributed by atoms with E-state index in [2.05, 4.69) is 21.0 Å². The average Bonchev–Trinajstić information content (AvgIpc) is 2.68. The minimum atomic E-state index is -0.401. The number of aromatic nitrogens is 2. The number of nitrogens with zero attached hydrogens (tertiary/aromatic N) is 2. The van der Waals surface area contributed by atoms with Gasteiger partial charge in [-0.15, -0.1) is 0 Å². The second kappa shape index (κ2) is 5.84. The highest BCUT2D eigenvalue weighted by atomic mass is 79.9. The van der Waals surface area contributed by atoms with Crippen LogP contribution in [-0.2, 0) is 9.47 Å². The highest BCUT2D eigenvalue weighted by Crippen LogP contribution is 2.28. The van der Waals surface area contributed by atoms with Crippen molar-refractivity contribution in [3.8, 4) is 0 Å². The van der Waals surface area contributed by atoms with Gasteiger partial charge in [-0.2, -0.15) is 5.10 Å². The van der Waals surface area contributed by atoms with Crippen LogP contribution < -0.4 is 0 Å².